The highest BCUT2D eigenvalue weighted by Gasteiger charge is 2.45. The summed E-state index contributed by atoms with van der Waals surface area (Å²) in [7, 11) is 0. The van der Waals surface area contributed by atoms with Crippen LogP contribution in [0.25, 0.3) is 0 Å². The van der Waals surface area contributed by atoms with Crippen molar-refractivity contribution in [3.05, 3.63) is 0 Å². The van der Waals surface area contributed by atoms with Gasteiger partial charge in [0.05, 0.1) is 19.1 Å². The van der Waals surface area contributed by atoms with Gasteiger partial charge in [-0.25, -0.2) is 0 Å². The topological polar surface area (TPSA) is 73.9 Å². The third-order valence-electron chi connectivity index (χ3n) is 11.9. The third-order valence-corrected chi connectivity index (χ3v) is 13.0. The van der Waals surface area contributed by atoms with Gasteiger partial charge in [0.15, 0.2) is 0 Å². The normalized spacial score (nSPS) is 39.2. The molecule has 7 nitrogen and oxygen atoms in total. The van der Waals surface area contributed by atoms with Gasteiger partial charge in [-0.1, -0.05) is 20.8 Å². The van der Waals surface area contributed by atoms with Gasteiger partial charge in [-0.2, -0.15) is 11.8 Å². The van der Waals surface area contributed by atoms with E-state index in [1.54, 1.807) is 0 Å². The van der Waals surface area contributed by atoms with E-state index < -0.39 is 0 Å². The number of carbonyl (C=O) groups excluding carboxylic acids is 2. The van der Waals surface area contributed by atoms with Gasteiger partial charge >= 0.3 is 0 Å². The minimum atomic E-state index is -0.121. The average Bonchev–Trinajstić information content (AvgIpc) is 2.99. The lowest BCUT2D eigenvalue weighted by atomic mass is 9.63. The molecule has 0 radical (unpaired) electrons. The molecule has 5 aliphatic rings. The molecule has 3 heterocycles. The number of nitrogens with zero attached hydrogens (tertiary/aromatic N) is 2. The van der Waals surface area contributed by atoms with Crippen LogP contribution in [0.5, 0.6) is 0 Å². The minimum Gasteiger partial charge on any atom is -0.379 e. The number of ether oxygens (including phenoxy) is 1. The Bertz CT molecular complexity index is 871. The molecule has 2 saturated carbocycles. The van der Waals surface area contributed by atoms with Crippen molar-refractivity contribution >= 4 is 23.6 Å². The quantitative estimate of drug-likeness (QED) is 0.399. The third kappa shape index (κ3) is 8.06. The number of hydrogen-bond acceptors (Lipinski definition) is 6. The summed E-state index contributed by atoms with van der Waals surface area (Å²) < 4.78 is 5.57. The summed E-state index contributed by atoms with van der Waals surface area (Å²) >= 11 is 2.10. The first kappa shape index (κ1) is 32.6. The molecule has 3 saturated heterocycles. The molecule has 2 aliphatic carbocycles. The van der Waals surface area contributed by atoms with Gasteiger partial charge in [0.2, 0.25) is 11.8 Å². The van der Waals surface area contributed by atoms with E-state index in [9.17, 15) is 9.59 Å². The summed E-state index contributed by atoms with van der Waals surface area (Å²) in [6, 6.07) is 1.35. The fraction of sp³-hybridized carbons (Fsp3) is 0.941. The molecule has 5 fully saturated rings. The number of morpholine rings is 1. The molecule has 5 rings (SSSR count). The molecular weight excluding hydrogens is 544 g/mol. The lowest BCUT2D eigenvalue weighted by molar-refractivity contribution is -0.133. The van der Waals surface area contributed by atoms with Crippen LogP contribution in [0.3, 0.4) is 0 Å². The van der Waals surface area contributed by atoms with Crippen LogP contribution in [0, 0.1) is 41.4 Å². The van der Waals surface area contributed by atoms with E-state index >= 15 is 0 Å². The summed E-state index contributed by atoms with van der Waals surface area (Å²) in [6.45, 7) is 15.7. The van der Waals surface area contributed by atoms with Gasteiger partial charge in [-0.3, -0.25) is 19.4 Å². The van der Waals surface area contributed by atoms with Crippen LogP contribution in [0.15, 0.2) is 0 Å². The number of rotatable bonds is 9. The second-order valence-corrected chi connectivity index (χ2v) is 15.8. The van der Waals surface area contributed by atoms with E-state index in [2.05, 4.69) is 59.9 Å². The highest BCUT2D eigenvalue weighted by molar-refractivity contribution is 7.99. The molecule has 2 amide bonds. The van der Waals surface area contributed by atoms with Crippen molar-refractivity contribution in [3.63, 3.8) is 0 Å². The molecule has 0 aromatic heterocycles. The van der Waals surface area contributed by atoms with E-state index in [1.165, 1.54) is 63.0 Å². The first-order chi connectivity index (χ1) is 20.3. The van der Waals surface area contributed by atoms with Crippen molar-refractivity contribution in [2.75, 3.05) is 57.4 Å². The maximum atomic E-state index is 14.0. The summed E-state index contributed by atoms with van der Waals surface area (Å²) in [5.74, 6) is 5.57. The molecule has 2 N–H and O–H groups in total. The molecule has 3 aliphatic heterocycles. The van der Waals surface area contributed by atoms with Crippen LogP contribution >= 0.6 is 11.8 Å². The Kier molecular flexibility index (Phi) is 12.0. The van der Waals surface area contributed by atoms with Gasteiger partial charge in [-0.15, -0.1) is 0 Å². The first-order valence-corrected chi connectivity index (χ1v) is 18.7. The zero-order valence-corrected chi connectivity index (χ0v) is 27.8. The largest absolute Gasteiger partial charge is 0.379 e. The predicted molar refractivity (Wildman–Crippen MR) is 172 cm³/mol. The van der Waals surface area contributed by atoms with Gasteiger partial charge in [0.1, 0.15) is 0 Å². The summed E-state index contributed by atoms with van der Waals surface area (Å²) in [5, 5.41) is 6.43. The Labute approximate surface area is 260 Å². The van der Waals surface area contributed by atoms with Gasteiger partial charge in [0, 0.05) is 50.2 Å². The Morgan fingerprint density at radius 3 is 2.38 bits per heavy atom. The molecular formula is C34H60N4O3S. The van der Waals surface area contributed by atoms with Crippen molar-refractivity contribution in [2.45, 2.75) is 104 Å². The second-order valence-electron chi connectivity index (χ2n) is 14.6. The lowest BCUT2D eigenvalue weighted by Crippen LogP contribution is -2.56. The molecule has 8 heteroatoms. The van der Waals surface area contributed by atoms with E-state index in [0.717, 1.165) is 57.5 Å². The molecule has 42 heavy (non-hydrogen) atoms. The lowest BCUT2D eigenvalue weighted by Gasteiger charge is -2.50. The second kappa shape index (κ2) is 15.4. The van der Waals surface area contributed by atoms with E-state index in [0.29, 0.717) is 36.4 Å². The van der Waals surface area contributed by atoms with Crippen molar-refractivity contribution < 1.29 is 14.3 Å². The van der Waals surface area contributed by atoms with Crippen molar-refractivity contribution in [3.8, 4) is 0 Å². The Balaban J connectivity index is 1.25. The molecule has 0 aromatic rings. The highest BCUT2D eigenvalue weighted by atomic mass is 32.2. The standard InChI is InChI=1S/C34H60N4O3S/c1-5-38(29-10-16-42-17-11-29)32-20-28(27-8-6-26(7-9-27)22-37-12-14-41-15-13-37)19-30(25(32)4)33(39)35-21-31-23(2)18-24(3)36-34(31)40/h23-32H,5-22H2,1-4H3,(H,35,39)(H,36,40). The highest BCUT2D eigenvalue weighted by Crippen LogP contribution is 2.46. The monoisotopic (exact) mass is 604 g/mol. The number of carbonyl (C=O) groups is 2. The fourth-order valence-electron chi connectivity index (χ4n) is 9.39. The van der Waals surface area contributed by atoms with Gasteiger partial charge < -0.3 is 15.4 Å². The number of nitrogens with one attached hydrogen (secondary N) is 2. The maximum Gasteiger partial charge on any atom is 0.225 e. The van der Waals surface area contributed by atoms with Crippen LogP contribution in [-0.4, -0.2) is 97.2 Å². The Morgan fingerprint density at radius 1 is 1.00 bits per heavy atom. The number of amides is 2. The van der Waals surface area contributed by atoms with E-state index in [4.69, 9.17) is 4.74 Å². The number of piperidine rings is 1. The zero-order chi connectivity index (χ0) is 29.6. The first-order valence-electron chi connectivity index (χ1n) is 17.6. The average molecular weight is 605 g/mol. The molecule has 0 aromatic carbocycles. The SMILES string of the molecule is CCN(C1CCSCC1)C1CC(C2CCC(CN3CCOCC3)CC2)CC(C(=O)NCC2C(=O)NC(C)CC2C)C1C. The number of thioether (sulfide) groups is 1. The summed E-state index contributed by atoms with van der Waals surface area (Å²) in [5.41, 5.74) is 0. The molecule has 0 bridgehead atoms. The zero-order valence-electron chi connectivity index (χ0n) is 27.0. The van der Waals surface area contributed by atoms with Crippen LogP contribution in [0.4, 0.5) is 0 Å². The summed E-state index contributed by atoms with van der Waals surface area (Å²) in [6.07, 6.45) is 11.1. The summed E-state index contributed by atoms with van der Waals surface area (Å²) in [4.78, 5) is 32.2. The van der Waals surface area contributed by atoms with Crippen LogP contribution < -0.4 is 10.6 Å². The molecule has 7 atom stereocenters. The van der Waals surface area contributed by atoms with Crippen LogP contribution in [-0.2, 0) is 14.3 Å². The number of hydrogen-bond donors (Lipinski definition) is 2. The van der Waals surface area contributed by atoms with Crippen LogP contribution in [0.2, 0.25) is 0 Å². The van der Waals surface area contributed by atoms with Crippen LogP contribution in [0.1, 0.15) is 85.5 Å². The van der Waals surface area contributed by atoms with Crippen molar-refractivity contribution in [2.24, 2.45) is 41.4 Å². The Morgan fingerprint density at radius 2 is 1.71 bits per heavy atom. The van der Waals surface area contributed by atoms with E-state index in [-0.39, 0.29) is 29.7 Å². The minimum absolute atomic E-state index is 0.0349. The molecule has 0 spiro atoms. The van der Waals surface area contributed by atoms with Crippen molar-refractivity contribution in [1.82, 2.24) is 20.4 Å². The van der Waals surface area contributed by atoms with E-state index in [1.807, 2.05) is 0 Å². The molecule has 240 valence electrons. The fourth-order valence-corrected chi connectivity index (χ4v) is 10.5. The van der Waals surface area contributed by atoms with Crippen molar-refractivity contribution in [1.29, 1.82) is 0 Å². The Hall–Kier alpha value is -0.830. The van der Waals surface area contributed by atoms with Gasteiger partial charge in [-0.05, 0) is 112 Å². The predicted octanol–water partition coefficient (Wildman–Crippen LogP) is 4.65. The smallest absolute Gasteiger partial charge is 0.225 e. The van der Waals surface area contributed by atoms with Gasteiger partial charge in [0.25, 0.3) is 0 Å². The molecule has 7 unspecified atom stereocenters. The maximum absolute atomic E-state index is 14.0.